The number of carbonyl (C=O) groups excluding carboxylic acids is 1. The van der Waals surface area contributed by atoms with Gasteiger partial charge in [0.2, 0.25) is 5.91 Å². The average molecular weight is 488 g/mol. The molecular weight excluding hydrogens is 462 g/mol. The van der Waals surface area contributed by atoms with Crippen LogP contribution < -0.4 is 0 Å². The van der Waals surface area contributed by atoms with Gasteiger partial charge < -0.3 is 4.90 Å². The predicted octanol–water partition coefficient (Wildman–Crippen LogP) is 4.53. The molecule has 0 unspecified atom stereocenters. The average Bonchev–Trinajstić information content (AvgIpc) is 2.94. The number of hydrogen-bond donors (Lipinski definition) is 0. The van der Waals surface area contributed by atoms with Gasteiger partial charge in [-0.2, -0.15) is 31.4 Å². The number of carbonyl (C=O) groups is 1. The SMILES string of the molecule is O=C(Cn1nc(C(F)(F)F)c2c1CCCCC2)N1CCN(Cc2cccc(C(F)(F)F)c2)CC1. The topological polar surface area (TPSA) is 41.4 Å². The van der Waals surface area contributed by atoms with Gasteiger partial charge in [-0.1, -0.05) is 24.6 Å². The number of nitrogens with zero attached hydrogens (tertiary/aromatic N) is 4. The summed E-state index contributed by atoms with van der Waals surface area (Å²) < 4.78 is 80.5. The molecule has 2 aliphatic rings. The van der Waals surface area contributed by atoms with E-state index < -0.39 is 23.6 Å². The van der Waals surface area contributed by atoms with Crippen molar-refractivity contribution in [3.63, 3.8) is 0 Å². The van der Waals surface area contributed by atoms with E-state index in [2.05, 4.69) is 5.10 Å². The van der Waals surface area contributed by atoms with Crippen LogP contribution in [0, 0.1) is 0 Å². The third-order valence-electron chi connectivity index (χ3n) is 6.45. The van der Waals surface area contributed by atoms with Crippen molar-refractivity contribution in [1.82, 2.24) is 19.6 Å². The van der Waals surface area contributed by atoms with Crippen molar-refractivity contribution in [3.05, 3.63) is 52.3 Å². The molecule has 34 heavy (non-hydrogen) atoms. The lowest BCUT2D eigenvalue weighted by molar-refractivity contribution is -0.143. The third-order valence-corrected chi connectivity index (χ3v) is 6.45. The smallest absolute Gasteiger partial charge is 0.339 e. The molecule has 186 valence electrons. The number of hydrogen-bond acceptors (Lipinski definition) is 3. The molecule has 1 aliphatic carbocycles. The van der Waals surface area contributed by atoms with Crippen LogP contribution in [-0.2, 0) is 43.1 Å². The monoisotopic (exact) mass is 488 g/mol. The van der Waals surface area contributed by atoms with Crippen LogP contribution in [0.2, 0.25) is 0 Å². The first kappa shape index (κ1) is 24.6. The van der Waals surface area contributed by atoms with Crippen molar-refractivity contribution in [2.75, 3.05) is 26.2 Å². The van der Waals surface area contributed by atoms with Crippen molar-refractivity contribution in [2.24, 2.45) is 0 Å². The molecule has 0 bridgehead atoms. The second-order valence-corrected chi connectivity index (χ2v) is 8.84. The van der Waals surface area contributed by atoms with Crippen molar-refractivity contribution >= 4 is 5.91 Å². The molecule has 1 aromatic heterocycles. The lowest BCUT2D eigenvalue weighted by atomic mass is 10.1. The lowest BCUT2D eigenvalue weighted by Crippen LogP contribution is -2.49. The molecule has 2 aromatic rings. The molecular formula is C23H26F6N4O. The van der Waals surface area contributed by atoms with Gasteiger partial charge in [0.25, 0.3) is 0 Å². The Labute approximate surface area is 193 Å². The van der Waals surface area contributed by atoms with Gasteiger partial charge in [0, 0.05) is 44.0 Å². The minimum absolute atomic E-state index is 0.212. The Morgan fingerprint density at radius 3 is 2.29 bits per heavy atom. The molecule has 1 saturated heterocycles. The third kappa shape index (κ3) is 5.56. The van der Waals surface area contributed by atoms with E-state index in [-0.39, 0.29) is 18.0 Å². The Bertz CT molecular complexity index is 1020. The van der Waals surface area contributed by atoms with E-state index in [4.69, 9.17) is 0 Å². The minimum Gasteiger partial charge on any atom is -0.339 e. The van der Waals surface area contributed by atoms with Gasteiger partial charge in [0.05, 0.1) is 5.56 Å². The molecule has 0 atom stereocenters. The number of fused-ring (bicyclic) bond motifs is 1. The summed E-state index contributed by atoms with van der Waals surface area (Å²) >= 11 is 0. The van der Waals surface area contributed by atoms with Crippen LogP contribution in [0.1, 0.15) is 47.3 Å². The number of halogens is 6. The Morgan fingerprint density at radius 1 is 0.912 bits per heavy atom. The molecule has 0 saturated carbocycles. The van der Waals surface area contributed by atoms with Gasteiger partial charge in [0.1, 0.15) is 6.54 Å². The molecule has 5 nitrogen and oxygen atoms in total. The molecule has 1 aromatic carbocycles. The Balaban J connectivity index is 1.38. The summed E-state index contributed by atoms with van der Waals surface area (Å²) in [6.07, 6.45) is -5.91. The van der Waals surface area contributed by atoms with E-state index in [9.17, 15) is 31.1 Å². The maximum absolute atomic E-state index is 13.5. The van der Waals surface area contributed by atoms with Gasteiger partial charge in [0.15, 0.2) is 5.69 Å². The second-order valence-electron chi connectivity index (χ2n) is 8.84. The predicted molar refractivity (Wildman–Crippen MR) is 112 cm³/mol. The molecule has 0 radical (unpaired) electrons. The van der Waals surface area contributed by atoms with Gasteiger partial charge >= 0.3 is 12.4 Å². The van der Waals surface area contributed by atoms with Gasteiger partial charge in [-0.3, -0.25) is 14.4 Å². The summed E-state index contributed by atoms with van der Waals surface area (Å²) in [4.78, 5) is 16.4. The highest BCUT2D eigenvalue weighted by molar-refractivity contribution is 5.76. The first-order chi connectivity index (χ1) is 16.0. The zero-order valence-electron chi connectivity index (χ0n) is 18.6. The lowest BCUT2D eigenvalue weighted by Gasteiger charge is -2.35. The number of benzene rings is 1. The Morgan fingerprint density at radius 2 is 1.62 bits per heavy atom. The highest BCUT2D eigenvalue weighted by Gasteiger charge is 2.39. The maximum Gasteiger partial charge on any atom is 0.435 e. The molecule has 4 rings (SSSR count). The van der Waals surface area contributed by atoms with E-state index in [1.807, 2.05) is 4.90 Å². The van der Waals surface area contributed by atoms with E-state index in [1.54, 1.807) is 11.0 Å². The first-order valence-electron chi connectivity index (χ1n) is 11.3. The summed E-state index contributed by atoms with van der Waals surface area (Å²) in [5, 5.41) is 3.78. The summed E-state index contributed by atoms with van der Waals surface area (Å²) in [6.45, 7) is 1.72. The van der Waals surface area contributed by atoms with E-state index in [1.165, 1.54) is 10.7 Å². The van der Waals surface area contributed by atoms with E-state index in [0.717, 1.165) is 25.0 Å². The second kappa shape index (κ2) is 9.59. The normalized spacial score (nSPS) is 18.0. The van der Waals surface area contributed by atoms with Gasteiger partial charge in [-0.15, -0.1) is 0 Å². The molecule has 0 N–H and O–H groups in total. The number of piperazine rings is 1. The molecule has 1 aliphatic heterocycles. The standard InChI is InChI=1S/C23H26F6N4O/c24-22(25,26)17-6-4-5-16(13-17)14-31-9-11-32(12-10-31)20(34)15-33-19-8-3-1-2-7-18(19)21(30-33)23(27,28)29/h4-6,13H,1-3,7-12,14-15H2. The summed E-state index contributed by atoms with van der Waals surface area (Å²) in [5.74, 6) is -0.304. The fourth-order valence-electron chi connectivity index (χ4n) is 4.69. The van der Waals surface area contributed by atoms with Crippen LogP contribution in [0.4, 0.5) is 26.3 Å². The van der Waals surface area contributed by atoms with E-state index in [0.29, 0.717) is 63.2 Å². The fourth-order valence-corrected chi connectivity index (χ4v) is 4.69. The Kier molecular flexibility index (Phi) is 6.93. The molecule has 11 heteroatoms. The molecule has 1 amide bonds. The zero-order chi connectivity index (χ0) is 24.5. The van der Waals surface area contributed by atoms with Crippen LogP contribution in [0.25, 0.3) is 0 Å². The quantitative estimate of drug-likeness (QED) is 0.469. The van der Waals surface area contributed by atoms with Crippen LogP contribution >= 0.6 is 0 Å². The number of amides is 1. The van der Waals surface area contributed by atoms with Crippen LogP contribution in [-0.4, -0.2) is 51.7 Å². The molecule has 1 fully saturated rings. The molecule has 2 heterocycles. The van der Waals surface area contributed by atoms with Crippen molar-refractivity contribution < 1.29 is 31.1 Å². The highest BCUT2D eigenvalue weighted by atomic mass is 19.4. The summed E-state index contributed by atoms with van der Waals surface area (Å²) in [6, 6.07) is 5.16. The van der Waals surface area contributed by atoms with Crippen LogP contribution in [0.3, 0.4) is 0 Å². The Hall–Kier alpha value is -2.56. The number of aromatic nitrogens is 2. The van der Waals surface area contributed by atoms with Gasteiger partial charge in [-0.05, 0) is 37.3 Å². The van der Waals surface area contributed by atoms with Crippen molar-refractivity contribution in [1.29, 1.82) is 0 Å². The highest BCUT2D eigenvalue weighted by Crippen LogP contribution is 2.35. The molecule has 0 spiro atoms. The van der Waals surface area contributed by atoms with Gasteiger partial charge in [-0.25, -0.2) is 0 Å². The minimum atomic E-state index is -4.56. The maximum atomic E-state index is 13.5. The number of rotatable bonds is 4. The van der Waals surface area contributed by atoms with Crippen molar-refractivity contribution in [3.8, 4) is 0 Å². The van der Waals surface area contributed by atoms with E-state index >= 15 is 0 Å². The van der Waals surface area contributed by atoms with Crippen LogP contribution in [0.5, 0.6) is 0 Å². The van der Waals surface area contributed by atoms with Crippen molar-refractivity contribution in [2.45, 2.75) is 57.5 Å². The first-order valence-corrected chi connectivity index (χ1v) is 11.3. The summed E-state index contributed by atoms with van der Waals surface area (Å²) in [7, 11) is 0. The fraction of sp³-hybridized carbons (Fsp3) is 0.565. The largest absolute Gasteiger partial charge is 0.435 e. The zero-order valence-corrected chi connectivity index (χ0v) is 18.6. The summed E-state index contributed by atoms with van der Waals surface area (Å²) in [5.41, 5.74) is -0.336. The number of alkyl halides is 6. The van der Waals surface area contributed by atoms with Crippen LogP contribution in [0.15, 0.2) is 24.3 Å².